The van der Waals surface area contributed by atoms with E-state index in [1.165, 1.54) is 5.56 Å². The Morgan fingerprint density at radius 2 is 1.77 bits per heavy atom. The number of benzene rings is 2. The number of esters is 1. The fourth-order valence-corrected chi connectivity index (χ4v) is 5.11. The van der Waals surface area contributed by atoms with Gasteiger partial charge in [0.2, 0.25) is 0 Å². The van der Waals surface area contributed by atoms with Gasteiger partial charge in [0.1, 0.15) is 12.0 Å². The number of hydrogen-bond donors (Lipinski definition) is 1. The molecule has 0 amide bonds. The Balaban J connectivity index is 1.55. The molecule has 3 unspecified atom stereocenters. The first-order valence-electron chi connectivity index (χ1n) is 13.2. The summed E-state index contributed by atoms with van der Waals surface area (Å²) in [5.74, 6) is -3.25. The highest BCUT2D eigenvalue weighted by molar-refractivity contribution is 6.06. The van der Waals surface area contributed by atoms with Crippen molar-refractivity contribution in [1.29, 1.82) is 0 Å². The molecular formula is C32H35N3O4. The molecule has 7 nitrogen and oxygen atoms in total. The van der Waals surface area contributed by atoms with Crippen LogP contribution in [0.25, 0.3) is 11.1 Å². The summed E-state index contributed by atoms with van der Waals surface area (Å²) in [6.07, 6.45) is 3.75. The Hall–Kier alpha value is -4.10. The van der Waals surface area contributed by atoms with Crippen LogP contribution in [-0.4, -0.2) is 52.3 Å². The van der Waals surface area contributed by atoms with Crippen molar-refractivity contribution in [2.24, 2.45) is 10.9 Å². The van der Waals surface area contributed by atoms with E-state index in [0.717, 1.165) is 29.8 Å². The van der Waals surface area contributed by atoms with Crippen molar-refractivity contribution in [3.05, 3.63) is 102 Å². The SMILES string of the molecule is CC1=NC(C)=C(C(=O)OC(C)CCN(C)Cc2ccccc2)C(c2cccc(-c3cccnc3)c2)C1C(=O)O. The van der Waals surface area contributed by atoms with Crippen LogP contribution < -0.4 is 0 Å². The Morgan fingerprint density at radius 1 is 1.03 bits per heavy atom. The van der Waals surface area contributed by atoms with Gasteiger partial charge in [0, 0.05) is 42.8 Å². The molecule has 3 atom stereocenters. The molecule has 0 saturated heterocycles. The van der Waals surface area contributed by atoms with E-state index in [1.54, 1.807) is 26.2 Å². The standard InChI is InChI=1S/C32H35N3O4/c1-21(15-17-35(4)20-24-10-6-5-7-11-24)39-32(38)29-23(3)34-22(2)28(31(36)37)30(29)26-13-8-12-25(18-26)27-14-9-16-33-19-27/h5-14,16,18-19,21,28,30H,15,17,20H2,1-4H3,(H,36,37). The molecule has 0 spiro atoms. The largest absolute Gasteiger partial charge is 0.481 e. The molecule has 2 heterocycles. The maximum absolute atomic E-state index is 13.6. The zero-order valence-electron chi connectivity index (χ0n) is 22.9. The van der Waals surface area contributed by atoms with Crippen molar-refractivity contribution in [3.63, 3.8) is 0 Å². The monoisotopic (exact) mass is 525 g/mol. The van der Waals surface area contributed by atoms with Crippen LogP contribution in [0.1, 0.15) is 44.2 Å². The summed E-state index contributed by atoms with van der Waals surface area (Å²) in [7, 11) is 2.04. The zero-order chi connectivity index (χ0) is 27.9. The number of aliphatic carboxylic acids is 1. The predicted molar refractivity (Wildman–Crippen MR) is 152 cm³/mol. The summed E-state index contributed by atoms with van der Waals surface area (Å²) < 4.78 is 5.90. The molecule has 0 bridgehead atoms. The van der Waals surface area contributed by atoms with Crippen molar-refractivity contribution >= 4 is 17.7 Å². The molecule has 0 aliphatic carbocycles. The minimum Gasteiger partial charge on any atom is -0.481 e. The summed E-state index contributed by atoms with van der Waals surface area (Å²) in [4.78, 5) is 36.9. The number of ether oxygens (including phenoxy) is 1. The molecule has 2 aromatic carbocycles. The highest BCUT2D eigenvalue weighted by atomic mass is 16.5. The first-order chi connectivity index (χ1) is 18.7. The van der Waals surface area contributed by atoms with Gasteiger partial charge in [-0.3, -0.25) is 14.8 Å². The summed E-state index contributed by atoms with van der Waals surface area (Å²) in [6, 6.07) is 21.6. The first-order valence-corrected chi connectivity index (χ1v) is 13.2. The second-order valence-corrected chi connectivity index (χ2v) is 10.1. The number of aliphatic imine (C=N–C) groups is 1. The van der Waals surface area contributed by atoms with Gasteiger partial charge in [0.15, 0.2) is 0 Å². The van der Waals surface area contributed by atoms with E-state index < -0.39 is 23.8 Å². The van der Waals surface area contributed by atoms with Crippen molar-refractivity contribution in [1.82, 2.24) is 9.88 Å². The zero-order valence-corrected chi connectivity index (χ0v) is 22.9. The molecule has 1 N–H and O–H groups in total. The van der Waals surface area contributed by atoms with E-state index in [0.29, 0.717) is 23.4 Å². The average molecular weight is 526 g/mol. The van der Waals surface area contributed by atoms with Gasteiger partial charge in [-0.2, -0.15) is 0 Å². The molecule has 0 radical (unpaired) electrons. The van der Waals surface area contributed by atoms with Gasteiger partial charge in [0.25, 0.3) is 0 Å². The van der Waals surface area contributed by atoms with Gasteiger partial charge in [0.05, 0.1) is 5.57 Å². The Morgan fingerprint density at radius 3 is 2.46 bits per heavy atom. The number of carboxylic acids is 1. The van der Waals surface area contributed by atoms with Crippen molar-refractivity contribution in [2.75, 3.05) is 13.6 Å². The highest BCUT2D eigenvalue weighted by Crippen LogP contribution is 2.40. The van der Waals surface area contributed by atoms with Gasteiger partial charge in [-0.05, 0) is 62.6 Å². The maximum Gasteiger partial charge on any atom is 0.336 e. The second-order valence-electron chi connectivity index (χ2n) is 10.1. The van der Waals surface area contributed by atoms with Gasteiger partial charge in [-0.1, -0.05) is 60.7 Å². The normalized spacial score (nSPS) is 18.0. The number of rotatable bonds is 10. The van der Waals surface area contributed by atoms with Gasteiger partial charge in [-0.25, -0.2) is 4.79 Å². The molecule has 7 heteroatoms. The smallest absolute Gasteiger partial charge is 0.336 e. The number of carbonyl (C=O) groups is 2. The third kappa shape index (κ3) is 6.86. The average Bonchev–Trinajstić information content (AvgIpc) is 2.92. The van der Waals surface area contributed by atoms with Crippen molar-refractivity contribution in [3.8, 4) is 11.1 Å². The Labute approximate surface area is 229 Å². The van der Waals surface area contributed by atoms with Crippen LogP contribution in [0.4, 0.5) is 0 Å². The quantitative estimate of drug-likeness (QED) is 0.340. The van der Waals surface area contributed by atoms with Crippen LogP contribution >= 0.6 is 0 Å². The van der Waals surface area contributed by atoms with Crippen LogP contribution in [0.2, 0.25) is 0 Å². The summed E-state index contributed by atoms with van der Waals surface area (Å²) >= 11 is 0. The van der Waals surface area contributed by atoms with Crippen molar-refractivity contribution < 1.29 is 19.4 Å². The number of carbonyl (C=O) groups excluding carboxylic acids is 1. The molecular weight excluding hydrogens is 490 g/mol. The van der Waals surface area contributed by atoms with E-state index in [1.807, 2.05) is 68.6 Å². The Kier molecular flexibility index (Phi) is 9.04. The summed E-state index contributed by atoms with van der Waals surface area (Å²) in [6.45, 7) is 6.86. The topological polar surface area (TPSA) is 92.1 Å². The number of allylic oxidation sites excluding steroid dienone is 1. The Bertz CT molecular complexity index is 1370. The highest BCUT2D eigenvalue weighted by Gasteiger charge is 2.42. The minimum absolute atomic E-state index is 0.292. The fraction of sp³-hybridized carbons (Fsp3) is 0.312. The number of hydrogen-bond acceptors (Lipinski definition) is 6. The lowest BCUT2D eigenvalue weighted by Gasteiger charge is -2.31. The summed E-state index contributed by atoms with van der Waals surface area (Å²) in [5, 5.41) is 10.2. The maximum atomic E-state index is 13.6. The van der Waals surface area contributed by atoms with Crippen molar-refractivity contribution in [2.45, 2.75) is 45.8 Å². The van der Waals surface area contributed by atoms with Crippen LogP contribution in [0.15, 0.2) is 95.4 Å². The van der Waals surface area contributed by atoms with E-state index in [-0.39, 0.29) is 6.10 Å². The van der Waals surface area contributed by atoms with Gasteiger partial charge in [-0.15, -0.1) is 0 Å². The number of pyridine rings is 1. The first kappa shape index (κ1) is 27.9. The van der Waals surface area contributed by atoms with E-state index in [2.05, 4.69) is 27.0 Å². The molecule has 1 aromatic heterocycles. The third-order valence-electron chi connectivity index (χ3n) is 7.08. The van der Waals surface area contributed by atoms with Crippen LogP contribution in [0.3, 0.4) is 0 Å². The second kappa shape index (κ2) is 12.6. The van der Waals surface area contributed by atoms with E-state index in [4.69, 9.17) is 4.74 Å². The lowest BCUT2D eigenvalue weighted by atomic mass is 9.75. The van der Waals surface area contributed by atoms with Crippen LogP contribution in [0.5, 0.6) is 0 Å². The van der Waals surface area contributed by atoms with Crippen LogP contribution in [0, 0.1) is 5.92 Å². The van der Waals surface area contributed by atoms with E-state index >= 15 is 0 Å². The molecule has 3 aromatic rings. The molecule has 4 rings (SSSR count). The van der Waals surface area contributed by atoms with Gasteiger partial charge >= 0.3 is 11.9 Å². The molecule has 202 valence electrons. The fourth-order valence-electron chi connectivity index (χ4n) is 5.11. The number of aromatic nitrogens is 1. The molecule has 0 saturated carbocycles. The van der Waals surface area contributed by atoms with Gasteiger partial charge < -0.3 is 14.7 Å². The summed E-state index contributed by atoms with van der Waals surface area (Å²) in [5.41, 5.74) is 4.98. The van der Waals surface area contributed by atoms with E-state index in [9.17, 15) is 14.7 Å². The molecule has 0 fully saturated rings. The lowest BCUT2D eigenvalue weighted by molar-refractivity contribution is -0.144. The molecule has 1 aliphatic heterocycles. The third-order valence-corrected chi connectivity index (χ3v) is 7.08. The number of nitrogens with zero attached hydrogens (tertiary/aromatic N) is 3. The predicted octanol–water partition coefficient (Wildman–Crippen LogP) is 5.74. The lowest BCUT2D eigenvalue weighted by Crippen LogP contribution is -2.36. The van der Waals surface area contributed by atoms with Crippen LogP contribution in [-0.2, 0) is 20.9 Å². The molecule has 1 aliphatic rings. The number of carboxylic acid groups (broad SMARTS) is 1. The minimum atomic E-state index is -1.03. The molecule has 39 heavy (non-hydrogen) atoms.